The summed E-state index contributed by atoms with van der Waals surface area (Å²) in [5.41, 5.74) is 1.35. The molecule has 0 saturated carbocycles. The summed E-state index contributed by atoms with van der Waals surface area (Å²) in [7, 11) is 0. The molecular weight excluding hydrogens is 216 g/mol. The van der Waals surface area contributed by atoms with Crippen LogP contribution >= 0.6 is 15.9 Å². The zero-order valence-electron chi connectivity index (χ0n) is 8.06. The third-order valence-corrected chi connectivity index (χ3v) is 2.45. The second-order valence-electron chi connectivity index (χ2n) is 3.88. The van der Waals surface area contributed by atoms with Crippen molar-refractivity contribution in [2.75, 3.05) is 0 Å². The molecule has 0 aliphatic rings. The van der Waals surface area contributed by atoms with Gasteiger partial charge in [0.25, 0.3) is 0 Å². The van der Waals surface area contributed by atoms with Crippen LogP contribution in [0, 0.1) is 0 Å². The lowest BCUT2D eigenvalue weighted by molar-refractivity contribution is 0.344. The molecule has 0 aromatic carbocycles. The van der Waals surface area contributed by atoms with E-state index in [2.05, 4.69) is 53.4 Å². The molecule has 0 fully saturated rings. The standard InChI is InChI=1S/C9H15BrN2/c1-5-8-7(10)6-11-12(8)9(2,3)4/h6H,5H2,1-4H3. The normalized spacial score (nSPS) is 12.1. The van der Waals surface area contributed by atoms with Gasteiger partial charge in [0.1, 0.15) is 0 Å². The third kappa shape index (κ3) is 1.71. The molecule has 1 rings (SSSR count). The minimum Gasteiger partial charge on any atom is -0.263 e. The van der Waals surface area contributed by atoms with Crippen LogP contribution in [0.1, 0.15) is 33.4 Å². The lowest BCUT2D eigenvalue weighted by atomic mass is 10.1. The Kier molecular flexibility index (Phi) is 2.61. The molecular formula is C9H15BrN2. The first-order valence-electron chi connectivity index (χ1n) is 4.19. The molecule has 1 aromatic rings. The van der Waals surface area contributed by atoms with Gasteiger partial charge in [0.05, 0.1) is 21.9 Å². The van der Waals surface area contributed by atoms with E-state index in [1.54, 1.807) is 0 Å². The summed E-state index contributed by atoms with van der Waals surface area (Å²) in [5, 5.41) is 4.33. The summed E-state index contributed by atoms with van der Waals surface area (Å²) >= 11 is 3.49. The fourth-order valence-electron chi connectivity index (χ4n) is 1.25. The zero-order valence-corrected chi connectivity index (χ0v) is 9.64. The summed E-state index contributed by atoms with van der Waals surface area (Å²) in [4.78, 5) is 0. The lowest BCUT2D eigenvalue weighted by Crippen LogP contribution is -2.25. The summed E-state index contributed by atoms with van der Waals surface area (Å²) in [5.74, 6) is 0. The molecule has 0 saturated heterocycles. The summed E-state index contributed by atoms with van der Waals surface area (Å²) in [6.07, 6.45) is 2.88. The Morgan fingerprint density at radius 1 is 1.50 bits per heavy atom. The molecule has 0 amide bonds. The van der Waals surface area contributed by atoms with Crippen LogP contribution < -0.4 is 0 Å². The summed E-state index contributed by atoms with van der Waals surface area (Å²) in [6, 6.07) is 0. The van der Waals surface area contributed by atoms with Crippen molar-refractivity contribution in [3.63, 3.8) is 0 Å². The monoisotopic (exact) mass is 230 g/mol. The highest BCUT2D eigenvalue weighted by Gasteiger charge is 2.18. The average molecular weight is 231 g/mol. The third-order valence-electron chi connectivity index (χ3n) is 1.79. The molecule has 1 aromatic heterocycles. The van der Waals surface area contributed by atoms with Crippen LogP contribution in [0.25, 0.3) is 0 Å². The molecule has 0 unspecified atom stereocenters. The fraction of sp³-hybridized carbons (Fsp3) is 0.667. The van der Waals surface area contributed by atoms with Crippen LogP contribution in [-0.2, 0) is 12.0 Å². The SMILES string of the molecule is CCc1c(Br)cnn1C(C)(C)C. The van der Waals surface area contributed by atoms with Crippen molar-refractivity contribution in [3.8, 4) is 0 Å². The lowest BCUT2D eigenvalue weighted by Gasteiger charge is -2.22. The van der Waals surface area contributed by atoms with Crippen LogP contribution in [0.2, 0.25) is 0 Å². The van der Waals surface area contributed by atoms with Gasteiger partial charge in [-0.15, -0.1) is 0 Å². The van der Waals surface area contributed by atoms with Gasteiger partial charge < -0.3 is 0 Å². The maximum absolute atomic E-state index is 4.33. The Hall–Kier alpha value is -0.310. The van der Waals surface area contributed by atoms with Gasteiger partial charge >= 0.3 is 0 Å². The van der Waals surface area contributed by atoms with E-state index < -0.39 is 0 Å². The van der Waals surface area contributed by atoms with Crippen LogP contribution in [0.5, 0.6) is 0 Å². The quantitative estimate of drug-likeness (QED) is 0.726. The maximum Gasteiger partial charge on any atom is 0.0635 e. The molecule has 0 aliphatic heterocycles. The highest BCUT2D eigenvalue weighted by atomic mass is 79.9. The largest absolute Gasteiger partial charge is 0.263 e. The van der Waals surface area contributed by atoms with E-state index in [0.29, 0.717) is 0 Å². The van der Waals surface area contributed by atoms with Crippen molar-refractivity contribution >= 4 is 15.9 Å². The van der Waals surface area contributed by atoms with E-state index in [1.165, 1.54) is 5.69 Å². The first-order valence-corrected chi connectivity index (χ1v) is 4.99. The Balaban J connectivity index is 3.16. The van der Waals surface area contributed by atoms with E-state index in [1.807, 2.05) is 6.20 Å². The smallest absolute Gasteiger partial charge is 0.0635 e. The number of nitrogens with zero attached hydrogens (tertiary/aromatic N) is 2. The highest BCUT2D eigenvalue weighted by molar-refractivity contribution is 9.10. The predicted octanol–water partition coefficient (Wildman–Crippen LogP) is 2.96. The molecule has 3 heteroatoms. The summed E-state index contributed by atoms with van der Waals surface area (Å²) < 4.78 is 3.18. The Morgan fingerprint density at radius 2 is 2.08 bits per heavy atom. The Bertz CT molecular complexity index is 271. The molecule has 68 valence electrons. The molecule has 0 bridgehead atoms. The zero-order chi connectivity index (χ0) is 9.35. The van der Waals surface area contributed by atoms with Crippen molar-refractivity contribution < 1.29 is 0 Å². The topological polar surface area (TPSA) is 17.8 Å². The number of hydrogen-bond donors (Lipinski definition) is 0. The van der Waals surface area contributed by atoms with Gasteiger partial charge in [0.15, 0.2) is 0 Å². The summed E-state index contributed by atoms with van der Waals surface area (Å²) in [6.45, 7) is 8.62. The van der Waals surface area contributed by atoms with Crippen LogP contribution in [0.4, 0.5) is 0 Å². The number of hydrogen-bond acceptors (Lipinski definition) is 1. The molecule has 0 spiro atoms. The number of rotatable bonds is 1. The van der Waals surface area contributed by atoms with Crippen molar-refractivity contribution in [1.82, 2.24) is 9.78 Å². The first kappa shape index (κ1) is 9.78. The van der Waals surface area contributed by atoms with Gasteiger partial charge in [-0.1, -0.05) is 6.92 Å². The van der Waals surface area contributed by atoms with E-state index in [9.17, 15) is 0 Å². The van der Waals surface area contributed by atoms with Crippen LogP contribution in [0.3, 0.4) is 0 Å². The molecule has 12 heavy (non-hydrogen) atoms. The van der Waals surface area contributed by atoms with Crippen LogP contribution in [-0.4, -0.2) is 9.78 Å². The van der Waals surface area contributed by atoms with Crippen molar-refractivity contribution in [1.29, 1.82) is 0 Å². The Labute approximate surface area is 82.1 Å². The second kappa shape index (κ2) is 3.21. The van der Waals surface area contributed by atoms with Crippen LogP contribution in [0.15, 0.2) is 10.7 Å². The molecule has 0 N–H and O–H groups in total. The van der Waals surface area contributed by atoms with Crippen molar-refractivity contribution in [3.05, 3.63) is 16.4 Å². The predicted molar refractivity (Wildman–Crippen MR) is 54.3 cm³/mol. The van der Waals surface area contributed by atoms with E-state index >= 15 is 0 Å². The molecule has 1 heterocycles. The van der Waals surface area contributed by atoms with Gasteiger partial charge in [0.2, 0.25) is 0 Å². The number of aromatic nitrogens is 2. The minimum absolute atomic E-state index is 0.0807. The molecule has 0 aliphatic carbocycles. The van der Waals surface area contributed by atoms with Gasteiger partial charge in [-0.2, -0.15) is 5.10 Å². The number of halogens is 1. The Morgan fingerprint density at radius 3 is 2.42 bits per heavy atom. The van der Waals surface area contributed by atoms with Crippen molar-refractivity contribution in [2.24, 2.45) is 0 Å². The van der Waals surface area contributed by atoms with Gasteiger partial charge in [0, 0.05) is 0 Å². The fourth-order valence-corrected chi connectivity index (χ4v) is 1.79. The van der Waals surface area contributed by atoms with Gasteiger partial charge in [-0.05, 0) is 43.1 Å². The maximum atomic E-state index is 4.33. The van der Waals surface area contributed by atoms with E-state index in [4.69, 9.17) is 0 Å². The highest BCUT2D eigenvalue weighted by Crippen LogP contribution is 2.22. The molecule has 2 nitrogen and oxygen atoms in total. The first-order chi connectivity index (χ1) is 5.46. The van der Waals surface area contributed by atoms with Gasteiger partial charge in [-0.25, -0.2) is 0 Å². The molecule has 0 atom stereocenters. The van der Waals surface area contributed by atoms with E-state index in [-0.39, 0.29) is 5.54 Å². The van der Waals surface area contributed by atoms with Crippen molar-refractivity contribution in [2.45, 2.75) is 39.7 Å². The van der Waals surface area contributed by atoms with Gasteiger partial charge in [-0.3, -0.25) is 4.68 Å². The molecule has 0 radical (unpaired) electrons. The minimum atomic E-state index is 0.0807. The van der Waals surface area contributed by atoms with E-state index in [0.717, 1.165) is 10.9 Å². The second-order valence-corrected chi connectivity index (χ2v) is 4.73. The average Bonchev–Trinajstić information content (AvgIpc) is 2.29.